The van der Waals surface area contributed by atoms with Crippen molar-refractivity contribution in [2.75, 3.05) is 20.2 Å². The number of phenols is 3. The summed E-state index contributed by atoms with van der Waals surface area (Å²) in [5, 5.41) is 30.6. The normalized spacial score (nSPS) is 11.2. The molecule has 0 heterocycles. The Morgan fingerprint density at radius 1 is 1.00 bits per heavy atom. The SMILES string of the molecule is COc1cc(C)c(C)cc1S(=O)(=O)NCCNC(=O)c1cc(O)c(O)c(O)c1. The van der Waals surface area contributed by atoms with Gasteiger partial charge in [-0.05, 0) is 49.2 Å². The Morgan fingerprint density at radius 3 is 2.14 bits per heavy atom. The van der Waals surface area contributed by atoms with Gasteiger partial charge in [-0.2, -0.15) is 0 Å². The number of carbonyl (C=O) groups excluding carboxylic acids is 1. The zero-order valence-electron chi connectivity index (χ0n) is 15.6. The molecule has 2 aromatic carbocycles. The molecule has 0 saturated heterocycles. The van der Waals surface area contributed by atoms with Crippen LogP contribution in [-0.2, 0) is 10.0 Å². The lowest BCUT2D eigenvalue weighted by Crippen LogP contribution is -2.34. The molecule has 0 atom stereocenters. The van der Waals surface area contributed by atoms with Crippen LogP contribution in [0, 0.1) is 13.8 Å². The minimum Gasteiger partial charge on any atom is -0.504 e. The first-order chi connectivity index (χ1) is 13.1. The van der Waals surface area contributed by atoms with Crippen LogP contribution in [0.4, 0.5) is 0 Å². The number of phenolic OH excluding ortho intramolecular Hbond substituents is 3. The maximum atomic E-state index is 12.5. The maximum absolute atomic E-state index is 12.5. The van der Waals surface area contributed by atoms with Crippen LogP contribution >= 0.6 is 0 Å². The zero-order chi connectivity index (χ0) is 21.1. The summed E-state index contributed by atoms with van der Waals surface area (Å²) in [4.78, 5) is 12.0. The topological polar surface area (TPSA) is 145 Å². The van der Waals surface area contributed by atoms with Gasteiger partial charge in [-0.3, -0.25) is 4.79 Å². The number of aromatic hydroxyl groups is 3. The molecule has 0 unspecified atom stereocenters. The first-order valence-corrected chi connectivity index (χ1v) is 9.73. The van der Waals surface area contributed by atoms with E-state index in [2.05, 4.69) is 10.0 Å². The third kappa shape index (κ3) is 4.65. The summed E-state index contributed by atoms with van der Waals surface area (Å²) in [5.74, 6) is -2.46. The quantitative estimate of drug-likeness (QED) is 0.340. The molecule has 0 aliphatic heterocycles. The number of sulfonamides is 1. The van der Waals surface area contributed by atoms with E-state index in [1.807, 2.05) is 6.92 Å². The second-order valence-electron chi connectivity index (χ2n) is 6.10. The molecule has 0 saturated carbocycles. The summed E-state index contributed by atoms with van der Waals surface area (Å²) in [7, 11) is -2.48. The largest absolute Gasteiger partial charge is 0.504 e. The summed E-state index contributed by atoms with van der Waals surface area (Å²) in [5.41, 5.74) is 1.59. The van der Waals surface area contributed by atoms with Gasteiger partial charge in [0.2, 0.25) is 10.0 Å². The fourth-order valence-electron chi connectivity index (χ4n) is 2.41. The number of methoxy groups -OCH3 is 1. The first-order valence-electron chi connectivity index (χ1n) is 8.25. The van der Waals surface area contributed by atoms with Crippen molar-refractivity contribution in [3.8, 4) is 23.0 Å². The number of aryl methyl sites for hydroxylation is 2. The van der Waals surface area contributed by atoms with Crippen LogP contribution < -0.4 is 14.8 Å². The number of ether oxygens (including phenoxy) is 1. The van der Waals surface area contributed by atoms with E-state index in [9.17, 15) is 28.5 Å². The van der Waals surface area contributed by atoms with Gasteiger partial charge in [0.25, 0.3) is 5.91 Å². The molecule has 2 rings (SSSR count). The lowest BCUT2D eigenvalue weighted by molar-refractivity contribution is 0.0953. The van der Waals surface area contributed by atoms with E-state index in [0.717, 1.165) is 23.3 Å². The van der Waals surface area contributed by atoms with Crippen molar-refractivity contribution >= 4 is 15.9 Å². The smallest absolute Gasteiger partial charge is 0.251 e. The number of carbonyl (C=O) groups is 1. The Hall–Kier alpha value is -2.98. The lowest BCUT2D eigenvalue weighted by Gasteiger charge is -2.13. The second-order valence-corrected chi connectivity index (χ2v) is 7.84. The third-order valence-electron chi connectivity index (χ3n) is 4.10. The average molecular weight is 410 g/mol. The van der Waals surface area contributed by atoms with Crippen LogP contribution in [0.2, 0.25) is 0 Å². The van der Waals surface area contributed by atoms with Gasteiger partial charge < -0.3 is 25.4 Å². The number of amides is 1. The van der Waals surface area contributed by atoms with E-state index in [1.165, 1.54) is 13.2 Å². The third-order valence-corrected chi connectivity index (χ3v) is 5.59. The molecule has 28 heavy (non-hydrogen) atoms. The predicted molar refractivity (Wildman–Crippen MR) is 101 cm³/mol. The van der Waals surface area contributed by atoms with Crippen molar-refractivity contribution in [2.45, 2.75) is 18.7 Å². The van der Waals surface area contributed by atoms with Crippen LogP contribution in [0.5, 0.6) is 23.0 Å². The van der Waals surface area contributed by atoms with Crippen molar-refractivity contribution in [3.63, 3.8) is 0 Å². The van der Waals surface area contributed by atoms with Crippen molar-refractivity contribution < 1.29 is 33.3 Å². The monoisotopic (exact) mass is 410 g/mol. The van der Waals surface area contributed by atoms with Crippen molar-refractivity contribution in [2.24, 2.45) is 0 Å². The molecule has 0 fully saturated rings. The highest BCUT2D eigenvalue weighted by Gasteiger charge is 2.20. The zero-order valence-corrected chi connectivity index (χ0v) is 16.4. The Morgan fingerprint density at radius 2 is 1.57 bits per heavy atom. The molecule has 9 nitrogen and oxygen atoms in total. The summed E-state index contributed by atoms with van der Waals surface area (Å²) in [6, 6.07) is 5.11. The molecule has 152 valence electrons. The Bertz CT molecular complexity index is 980. The predicted octanol–water partition coefficient (Wildman–Crippen LogP) is 1.14. The minimum atomic E-state index is -3.86. The number of nitrogens with one attached hydrogen (secondary N) is 2. The van der Waals surface area contributed by atoms with Gasteiger partial charge in [0.05, 0.1) is 7.11 Å². The number of hydrogen-bond donors (Lipinski definition) is 5. The van der Waals surface area contributed by atoms with Gasteiger partial charge in [0.15, 0.2) is 17.2 Å². The Kier molecular flexibility index (Phi) is 6.37. The van der Waals surface area contributed by atoms with Crippen molar-refractivity contribution in [1.29, 1.82) is 0 Å². The molecule has 1 amide bonds. The van der Waals surface area contributed by atoms with E-state index in [4.69, 9.17) is 4.74 Å². The molecule has 2 aromatic rings. The summed E-state index contributed by atoms with van der Waals surface area (Å²) < 4.78 is 32.6. The molecule has 0 bridgehead atoms. The van der Waals surface area contributed by atoms with E-state index >= 15 is 0 Å². The average Bonchev–Trinajstić information content (AvgIpc) is 2.64. The number of rotatable bonds is 7. The standard InChI is InChI=1S/C18H22N2O7S/c1-10-6-15(27-3)16(7-11(10)2)28(25,26)20-5-4-19-18(24)12-8-13(21)17(23)14(22)9-12/h6-9,20-23H,4-5H2,1-3H3,(H,19,24). The van der Waals surface area contributed by atoms with E-state index in [-0.39, 0.29) is 29.3 Å². The van der Waals surface area contributed by atoms with Crippen LogP contribution in [-0.4, -0.2) is 49.8 Å². The highest BCUT2D eigenvalue weighted by atomic mass is 32.2. The number of hydrogen-bond acceptors (Lipinski definition) is 7. The van der Waals surface area contributed by atoms with Gasteiger partial charge in [0.1, 0.15) is 10.6 Å². The molecule has 0 aliphatic rings. The van der Waals surface area contributed by atoms with Crippen LogP contribution in [0.3, 0.4) is 0 Å². The van der Waals surface area contributed by atoms with Gasteiger partial charge >= 0.3 is 0 Å². The minimum absolute atomic E-state index is 0.00203. The lowest BCUT2D eigenvalue weighted by atomic mass is 10.1. The summed E-state index contributed by atoms with van der Waals surface area (Å²) >= 11 is 0. The highest BCUT2D eigenvalue weighted by molar-refractivity contribution is 7.89. The highest BCUT2D eigenvalue weighted by Crippen LogP contribution is 2.35. The van der Waals surface area contributed by atoms with Crippen LogP contribution in [0.1, 0.15) is 21.5 Å². The first kappa shape index (κ1) is 21.3. The molecule has 10 heteroatoms. The summed E-state index contributed by atoms with van der Waals surface area (Å²) in [6.07, 6.45) is 0. The van der Waals surface area contributed by atoms with E-state index in [0.29, 0.717) is 0 Å². The second kappa shape index (κ2) is 8.36. The van der Waals surface area contributed by atoms with Gasteiger partial charge in [-0.25, -0.2) is 13.1 Å². The molecule has 0 aromatic heterocycles. The summed E-state index contributed by atoms with van der Waals surface area (Å²) in [6.45, 7) is 3.49. The molecule has 0 radical (unpaired) electrons. The molecular formula is C18H22N2O7S. The molecule has 0 spiro atoms. The van der Waals surface area contributed by atoms with Crippen LogP contribution in [0.25, 0.3) is 0 Å². The molecule has 0 aliphatic carbocycles. The Balaban J connectivity index is 2.01. The fraction of sp³-hybridized carbons (Fsp3) is 0.278. The van der Waals surface area contributed by atoms with E-state index < -0.39 is 33.2 Å². The van der Waals surface area contributed by atoms with Gasteiger partial charge in [-0.1, -0.05) is 0 Å². The van der Waals surface area contributed by atoms with Gasteiger partial charge in [-0.15, -0.1) is 0 Å². The molecule has 5 N–H and O–H groups in total. The maximum Gasteiger partial charge on any atom is 0.251 e. The van der Waals surface area contributed by atoms with Crippen molar-refractivity contribution in [3.05, 3.63) is 41.0 Å². The van der Waals surface area contributed by atoms with Gasteiger partial charge in [0, 0.05) is 18.7 Å². The number of benzene rings is 2. The van der Waals surface area contributed by atoms with Crippen molar-refractivity contribution in [1.82, 2.24) is 10.0 Å². The van der Waals surface area contributed by atoms with Crippen LogP contribution in [0.15, 0.2) is 29.2 Å². The Labute approximate surface area is 162 Å². The van der Waals surface area contributed by atoms with E-state index in [1.54, 1.807) is 13.0 Å². The fourth-order valence-corrected chi connectivity index (χ4v) is 3.67. The molecular weight excluding hydrogens is 388 g/mol.